The predicted molar refractivity (Wildman–Crippen MR) is 82.9 cm³/mol. The van der Waals surface area contributed by atoms with Gasteiger partial charge in [0.2, 0.25) is 0 Å². The van der Waals surface area contributed by atoms with Crippen molar-refractivity contribution < 1.29 is 9.47 Å². The molecule has 5 heteroatoms. The van der Waals surface area contributed by atoms with E-state index in [9.17, 15) is 0 Å². The molecule has 0 bridgehead atoms. The van der Waals surface area contributed by atoms with Crippen molar-refractivity contribution in [2.24, 2.45) is 5.41 Å². The van der Waals surface area contributed by atoms with Crippen molar-refractivity contribution in [2.75, 3.05) is 33.4 Å². The van der Waals surface area contributed by atoms with E-state index in [2.05, 4.69) is 40.3 Å². The average molecular weight is 348 g/mol. The Balaban J connectivity index is 1.98. The van der Waals surface area contributed by atoms with Gasteiger partial charge >= 0.3 is 0 Å². The van der Waals surface area contributed by atoms with Crippen molar-refractivity contribution in [3.8, 4) is 0 Å². The van der Waals surface area contributed by atoms with Crippen LogP contribution in [-0.2, 0) is 15.9 Å². The molecule has 1 aromatic heterocycles. The van der Waals surface area contributed by atoms with Gasteiger partial charge in [0.1, 0.15) is 0 Å². The lowest BCUT2D eigenvalue weighted by molar-refractivity contribution is 0.0623. The summed E-state index contributed by atoms with van der Waals surface area (Å²) in [6, 6.07) is 4.35. The monoisotopic (exact) mass is 347 g/mol. The Hall–Kier alpha value is 0.0600. The molecule has 1 N–H and O–H groups in total. The highest BCUT2D eigenvalue weighted by Gasteiger charge is 2.41. The van der Waals surface area contributed by atoms with Crippen molar-refractivity contribution in [1.82, 2.24) is 5.32 Å². The van der Waals surface area contributed by atoms with Gasteiger partial charge in [-0.1, -0.05) is 0 Å². The minimum absolute atomic E-state index is 0.220. The number of nitrogens with one attached hydrogen (secondary N) is 1. The highest BCUT2D eigenvalue weighted by molar-refractivity contribution is 9.11. The van der Waals surface area contributed by atoms with Gasteiger partial charge in [-0.3, -0.25) is 0 Å². The van der Waals surface area contributed by atoms with Crippen molar-refractivity contribution in [1.29, 1.82) is 0 Å². The molecule has 0 radical (unpaired) electrons. The second-order valence-corrected chi connectivity index (χ2v) is 7.73. The number of halogens is 1. The Morgan fingerprint density at radius 2 is 2.42 bits per heavy atom. The molecule has 1 aliphatic rings. The van der Waals surface area contributed by atoms with E-state index in [1.54, 1.807) is 7.11 Å². The van der Waals surface area contributed by atoms with Crippen molar-refractivity contribution in [2.45, 2.75) is 25.9 Å². The quantitative estimate of drug-likeness (QED) is 0.768. The molecule has 2 unspecified atom stereocenters. The summed E-state index contributed by atoms with van der Waals surface area (Å²) < 4.78 is 12.1. The summed E-state index contributed by atoms with van der Waals surface area (Å²) in [4.78, 5) is 1.43. The molecule has 19 heavy (non-hydrogen) atoms. The SMILES string of the molecule is COCCNCC1(Cc2ccc(Br)s2)CCOC1C. The van der Waals surface area contributed by atoms with Crippen LogP contribution in [0.4, 0.5) is 0 Å². The van der Waals surface area contributed by atoms with E-state index in [4.69, 9.17) is 9.47 Å². The van der Waals surface area contributed by atoms with E-state index in [0.717, 1.165) is 39.1 Å². The lowest BCUT2D eigenvalue weighted by atomic mass is 9.78. The fourth-order valence-corrected chi connectivity index (χ4v) is 4.29. The maximum atomic E-state index is 5.83. The van der Waals surface area contributed by atoms with Crippen molar-refractivity contribution in [3.63, 3.8) is 0 Å². The van der Waals surface area contributed by atoms with Gasteiger partial charge < -0.3 is 14.8 Å². The van der Waals surface area contributed by atoms with Crippen molar-refractivity contribution >= 4 is 27.3 Å². The smallest absolute Gasteiger partial charge is 0.0701 e. The maximum Gasteiger partial charge on any atom is 0.0701 e. The minimum Gasteiger partial charge on any atom is -0.383 e. The van der Waals surface area contributed by atoms with E-state index >= 15 is 0 Å². The van der Waals surface area contributed by atoms with Gasteiger partial charge in [-0.2, -0.15) is 0 Å². The van der Waals surface area contributed by atoms with E-state index in [1.807, 2.05) is 11.3 Å². The maximum absolute atomic E-state index is 5.83. The third-order valence-electron chi connectivity index (χ3n) is 3.95. The number of ether oxygens (including phenoxy) is 2. The summed E-state index contributed by atoms with van der Waals surface area (Å²) >= 11 is 5.37. The molecule has 1 fully saturated rings. The summed E-state index contributed by atoms with van der Waals surface area (Å²) in [6.07, 6.45) is 2.53. The molecule has 1 aromatic rings. The van der Waals surface area contributed by atoms with Gasteiger partial charge in [0.15, 0.2) is 0 Å². The highest BCUT2D eigenvalue weighted by atomic mass is 79.9. The van der Waals surface area contributed by atoms with Gasteiger partial charge in [-0.15, -0.1) is 11.3 Å². The topological polar surface area (TPSA) is 30.5 Å². The molecule has 1 aliphatic heterocycles. The molecule has 0 aliphatic carbocycles. The van der Waals surface area contributed by atoms with Gasteiger partial charge in [-0.25, -0.2) is 0 Å². The van der Waals surface area contributed by atoms with E-state index in [1.165, 1.54) is 8.66 Å². The number of thiophene rings is 1. The molecule has 2 heterocycles. The summed E-state index contributed by atoms with van der Waals surface area (Å²) in [5, 5.41) is 3.51. The number of methoxy groups -OCH3 is 1. The second kappa shape index (κ2) is 7.18. The Morgan fingerprint density at radius 3 is 3.00 bits per heavy atom. The third kappa shape index (κ3) is 4.02. The zero-order valence-corrected chi connectivity index (χ0v) is 14.0. The molecule has 0 aromatic carbocycles. The molecular formula is C14H22BrNO2S. The third-order valence-corrected chi connectivity index (χ3v) is 5.57. The number of hydrogen-bond donors (Lipinski definition) is 1. The van der Waals surface area contributed by atoms with Crippen LogP contribution in [0.3, 0.4) is 0 Å². The molecule has 0 saturated carbocycles. The fourth-order valence-electron chi connectivity index (χ4n) is 2.65. The average Bonchev–Trinajstić information content (AvgIpc) is 2.94. The van der Waals surface area contributed by atoms with Gasteiger partial charge in [0.05, 0.1) is 16.5 Å². The van der Waals surface area contributed by atoms with Crippen LogP contribution in [-0.4, -0.2) is 39.5 Å². The molecule has 2 atom stereocenters. The lowest BCUT2D eigenvalue weighted by Gasteiger charge is -2.32. The molecule has 108 valence electrons. The van der Waals surface area contributed by atoms with E-state index in [-0.39, 0.29) is 5.41 Å². The Kier molecular flexibility index (Phi) is 5.84. The van der Waals surface area contributed by atoms with Crippen LogP contribution in [0.15, 0.2) is 15.9 Å². The first-order valence-electron chi connectivity index (χ1n) is 6.72. The summed E-state index contributed by atoms with van der Waals surface area (Å²) in [6.45, 7) is 5.73. The predicted octanol–water partition coefficient (Wildman–Crippen LogP) is 3.08. The normalized spacial score (nSPS) is 27.0. The number of hydrogen-bond acceptors (Lipinski definition) is 4. The first-order valence-corrected chi connectivity index (χ1v) is 8.33. The second-order valence-electron chi connectivity index (χ2n) is 5.18. The fraction of sp³-hybridized carbons (Fsp3) is 0.714. The Labute approximate surface area is 127 Å². The Bertz CT molecular complexity index is 399. The molecule has 2 rings (SSSR count). The molecule has 1 saturated heterocycles. The molecule has 0 amide bonds. The van der Waals surface area contributed by atoms with Gasteiger partial charge in [-0.05, 0) is 47.8 Å². The largest absolute Gasteiger partial charge is 0.383 e. The first kappa shape index (κ1) is 15.4. The van der Waals surface area contributed by atoms with Gasteiger partial charge in [0.25, 0.3) is 0 Å². The van der Waals surface area contributed by atoms with E-state index in [0.29, 0.717) is 6.10 Å². The molecule has 3 nitrogen and oxygen atoms in total. The van der Waals surface area contributed by atoms with E-state index < -0.39 is 0 Å². The molecule has 0 spiro atoms. The number of rotatable bonds is 7. The van der Waals surface area contributed by atoms with Crippen LogP contribution >= 0.6 is 27.3 Å². The van der Waals surface area contributed by atoms with Crippen LogP contribution in [0.5, 0.6) is 0 Å². The zero-order valence-electron chi connectivity index (χ0n) is 11.6. The zero-order chi connectivity index (χ0) is 13.7. The summed E-state index contributed by atoms with van der Waals surface area (Å²) in [7, 11) is 1.74. The van der Waals surface area contributed by atoms with Crippen LogP contribution in [0.2, 0.25) is 0 Å². The van der Waals surface area contributed by atoms with Crippen LogP contribution in [0.25, 0.3) is 0 Å². The van der Waals surface area contributed by atoms with Gasteiger partial charge in [0, 0.05) is 37.1 Å². The first-order chi connectivity index (χ1) is 9.16. The van der Waals surface area contributed by atoms with Crippen LogP contribution in [0, 0.1) is 5.41 Å². The lowest BCUT2D eigenvalue weighted by Crippen LogP contribution is -2.42. The molecular weight excluding hydrogens is 326 g/mol. The summed E-state index contributed by atoms with van der Waals surface area (Å²) in [5.74, 6) is 0. The minimum atomic E-state index is 0.220. The van der Waals surface area contributed by atoms with Crippen molar-refractivity contribution in [3.05, 3.63) is 20.8 Å². The van der Waals surface area contributed by atoms with Crippen LogP contribution < -0.4 is 5.32 Å². The Morgan fingerprint density at radius 1 is 1.58 bits per heavy atom. The summed E-state index contributed by atoms with van der Waals surface area (Å²) in [5.41, 5.74) is 0.220. The highest BCUT2D eigenvalue weighted by Crippen LogP contribution is 2.39. The van der Waals surface area contributed by atoms with Crippen LogP contribution in [0.1, 0.15) is 18.2 Å². The standard InChI is InChI=1S/C14H22BrNO2S/c1-11-14(5-7-18-11,10-16-6-8-17-2)9-12-3-4-13(15)19-12/h3-4,11,16H,5-10H2,1-2H3.